The van der Waals surface area contributed by atoms with Gasteiger partial charge >= 0.3 is 0 Å². The Morgan fingerprint density at radius 3 is 1.18 bits per heavy atom. The van der Waals surface area contributed by atoms with Gasteiger partial charge in [0.25, 0.3) is 0 Å². The Bertz CT molecular complexity index is 726. The third-order valence-electron chi connectivity index (χ3n) is 13.1. The van der Waals surface area contributed by atoms with Crippen molar-refractivity contribution in [2.45, 2.75) is 206 Å². The van der Waals surface area contributed by atoms with Crippen LogP contribution in [0.2, 0.25) is 0 Å². The van der Waals surface area contributed by atoms with E-state index in [-0.39, 0.29) is 0 Å². The van der Waals surface area contributed by atoms with E-state index in [1.54, 1.807) is 11.1 Å². The summed E-state index contributed by atoms with van der Waals surface area (Å²) in [4.78, 5) is 0. The fraction of sp³-hybridized carbons (Fsp3) is 0.909. The Balaban J connectivity index is 0.893. The van der Waals surface area contributed by atoms with Crippen LogP contribution in [-0.4, -0.2) is 13.2 Å². The molecular weight excluding hydrogens is 544 g/mol. The smallest absolute Gasteiger partial charge is 0.0466 e. The third kappa shape index (κ3) is 15.5. The van der Waals surface area contributed by atoms with E-state index in [4.69, 9.17) is 4.74 Å². The lowest BCUT2D eigenvalue weighted by atomic mass is 9.76. The zero-order valence-corrected chi connectivity index (χ0v) is 30.7. The molecule has 0 heterocycles. The molecule has 0 saturated heterocycles. The minimum absolute atomic E-state index is 0.980. The van der Waals surface area contributed by atoms with Crippen molar-refractivity contribution in [2.24, 2.45) is 35.5 Å². The summed E-state index contributed by atoms with van der Waals surface area (Å²) < 4.78 is 6.01. The monoisotopic (exact) mass is 623 g/mol. The number of unbranched alkanes of at least 4 members (excludes halogenated alkanes) is 4. The summed E-state index contributed by atoms with van der Waals surface area (Å²) in [6.45, 7) is 6.68. The molecule has 0 radical (unpaired) electrons. The van der Waals surface area contributed by atoms with Crippen molar-refractivity contribution in [3.05, 3.63) is 23.3 Å². The standard InChI is InChI=1S/C44H78O/c1-3-11-37-15-23-41(24-16-37)31-33-43-27-19-39(20-28-43)13-7-5-9-35-45-36-10-6-8-14-40-21-29-44(30-22-40)34-32-42-25-17-38(12-4-2)18-26-42/h19,21,37-38,41-44H,3-18,20,22-36H2,1-2H3. The largest absolute Gasteiger partial charge is 0.381 e. The quantitative estimate of drug-likeness (QED) is 0.0862. The lowest BCUT2D eigenvalue weighted by Gasteiger charge is -2.30. The Labute approximate surface area is 282 Å². The van der Waals surface area contributed by atoms with Crippen LogP contribution in [-0.2, 0) is 4.74 Å². The summed E-state index contributed by atoms with van der Waals surface area (Å²) in [5.74, 6) is 6.20. The van der Waals surface area contributed by atoms with E-state index in [1.165, 1.54) is 193 Å². The molecule has 0 N–H and O–H groups in total. The Kier molecular flexibility index (Phi) is 19.0. The maximum absolute atomic E-state index is 6.01. The lowest BCUT2D eigenvalue weighted by Crippen LogP contribution is -2.16. The zero-order valence-electron chi connectivity index (χ0n) is 30.7. The number of hydrogen-bond donors (Lipinski definition) is 0. The van der Waals surface area contributed by atoms with Gasteiger partial charge in [0.15, 0.2) is 0 Å². The molecule has 2 unspecified atom stereocenters. The second-order valence-corrected chi connectivity index (χ2v) is 16.7. The van der Waals surface area contributed by atoms with E-state index in [0.717, 1.165) is 48.7 Å². The molecule has 2 atom stereocenters. The average molecular weight is 623 g/mol. The highest BCUT2D eigenvalue weighted by atomic mass is 16.5. The molecule has 0 bridgehead atoms. The molecule has 0 spiro atoms. The normalized spacial score (nSPS) is 29.4. The molecule has 4 aliphatic rings. The molecule has 0 aromatic heterocycles. The molecule has 45 heavy (non-hydrogen) atoms. The number of hydrogen-bond acceptors (Lipinski definition) is 1. The number of rotatable bonds is 22. The van der Waals surface area contributed by atoms with Gasteiger partial charge < -0.3 is 4.74 Å². The van der Waals surface area contributed by atoms with E-state index in [0.29, 0.717) is 0 Å². The van der Waals surface area contributed by atoms with Crippen LogP contribution >= 0.6 is 0 Å². The Morgan fingerprint density at radius 1 is 0.444 bits per heavy atom. The van der Waals surface area contributed by atoms with Gasteiger partial charge in [-0.05, 0) is 125 Å². The third-order valence-corrected chi connectivity index (χ3v) is 13.1. The van der Waals surface area contributed by atoms with Crippen molar-refractivity contribution in [2.75, 3.05) is 13.2 Å². The average Bonchev–Trinajstić information content (AvgIpc) is 3.08. The maximum atomic E-state index is 6.01. The van der Waals surface area contributed by atoms with Crippen LogP contribution in [0.15, 0.2) is 23.3 Å². The van der Waals surface area contributed by atoms with Crippen molar-refractivity contribution >= 4 is 0 Å². The molecular formula is C44H78O. The highest BCUT2D eigenvalue weighted by Crippen LogP contribution is 2.38. The minimum atomic E-state index is 0.980. The highest BCUT2D eigenvalue weighted by molar-refractivity contribution is 5.07. The molecule has 2 saturated carbocycles. The number of allylic oxidation sites excluding steroid dienone is 4. The summed E-state index contributed by atoms with van der Waals surface area (Å²) in [5.41, 5.74) is 3.55. The first-order valence-corrected chi connectivity index (χ1v) is 21.1. The molecule has 260 valence electrons. The van der Waals surface area contributed by atoms with E-state index in [1.807, 2.05) is 0 Å². The van der Waals surface area contributed by atoms with E-state index in [9.17, 15) is 0 Å². The fourth-order valence-electron chi connectivity index (χ4n) is 9.81. The lowest BCUT2D eigenvalue weighted by molar-refractivity contribution is 0.126. The van der Waals surface area contributed by atoms with Crippen LogP contribution in [0, 0.1) is 35.5 Å². The number of ether oxygens (including phenoxy) is 1. The second kappa shape index (κ2) is 22.9. The van der Waals surface area contributed by atoms with Gasteiger partial charge in [-0.1, -0.05) is 140 Å². The van der Waals surface area contributed by atoms with Crippen molar-refractivity contribution in [3.63, 3.8) is 0 Å². The van der Waals surface area contributed by atoms with E-state index in [2.05, 4.69) is 26.0 Å². The van der Waals surface area contributed by atoms with Crippen LogP contribution in [0.4, 0.5) is 0 Å². The van der Waals surface area contributed by atoms with Gasteiger partial charge in [-0.3, -0.25) is 0 Å². The summed E-state index contributed by atoms with van der Waals surface area (Å²) in [6, 6.07) is 0. The topological polar surface area (TPSA) is 9.23 Å². The predicted molar refractivity (Wildman–Crippen MR) is 198 cm³/mol. The zero-order chi connectivity index (χ0) is 31.4. The van der Waals surface area contributed by atoms with Crippen LogP contribution in [0.25, 0.3) is 0 Å². The van der Waals surface area contributed by atoms with Crippen LogP contribution in [0.3, 0.4) is 0 Å². The molecule has 1 heteroatoms. The van der Waals surface area contributed by atoms with Crippen molar-refractivity contribution in [3.8, 4) is 0 Å². The first-order valence-electron chi connectivity index (χ1n) is 21.1. The van der Waals surface area contributed by atoms with Gasteiger partial charge in [0.05, 0.1) is 0 Å². The van der Waals surface area contributed by atoms with Crippen LogP contribution in [0.5, 0.6) is 0 Å². The van der Waals surface area contributed by atoms with E-state index >= 15 is 0 Å². The van der Waals surface area contributed by atoms with Gasteiger partial charge in [0.1, 0.15) is 0 Å². The fourth-order valence-corrected chi connectivity index (χ4v) is 9.81. The van der Waals surface area contributed by atoms with Crippen molar-refractivity contribution < 1.29 is 4.74 Å². The van der Waals surface area contributed by atoms with E-state index < -0.39 is 0 Å². The molecule has 1 nitrogen and oxygen atoms in total. The van der Waals surface area contributed by atoms with Gasteiger partial charge in [-0.25, -0.2) is 0 Å². The Morgan fingerprint density at radius 2 is 0.822 bits per heavy atom. The van der Waals surface area contributed by atoms with Gasteiger partial charge in [0.2, 0.25) is 0 Å². The Hall–Kier alpha value is -0.560. The molecule has 0 aromatic carbocycles. The molecule has 2 fully saturated rings. The second-order valence-electron chi connectivity index (χ2n) is 16.7. The predicted octanol–water partition coefficient (Wildman–Crippen LogP) is 14.4. The van der Waals surface area contributed by atoms with Gasteiger partial charge in [-0.2, -0.15) is 0 Å². The van der Waals surface area contributed by atoms with Crippen LogP contribution in [0.1, 0.15) is 206 Å². The SMILES string of the molecule is CCCC1CCC(CCC2CC=C(CCCCCOCCCCCC3=CCC(CCC4CCC(CCC)CC4)CC3)CC2)CC1. The first-order chi connectivity index (χ1) is 22.2. The van der Waals surface area contributed by atoms with Crippen LogP contribution < -0.4 is 0 Å². The van der Waals surface area contributed by atoms with Gasteiger partial charge in [0, 0.05) is 13.2 Å². The molecule has 4 rings (SSSR count). The molecule has 0 aliphatic heterocycles. The summed E-state index contributed by atoms with van der Waals surface area (Å²) >= 11 is 0. The first kappa shape index (κ1) is 37.3. The summed E-state index contributed by atoms with van der Waals surface area (Å²) in [6.07, 6.45) is 48.4. The molecule has 0 aromatic rings. The minimum Gasteiger partial charge on any atom is -0.381 e. The van der Waals surface area contributed by atoms with Crippen molar-refractivity contribution in [1.82, 2.24) is 0 Å². The highest BCUT2D eigenvalue weighted by Gasteiger charge is 2.24. The summed E-state index contributed by atoms with van der Waals surface area (Å²) in [7, 11) is 0. The van der Waals surface area contributed by atoms with Crippen molar-refractivity contribution in [1.29, 1.82) is 0 Å². The molecule has 4 aliphatic carbocycles. The maximum Gasteiger partial charge on any atom is 0.0466 e. The van der Waals surface area contributed by atoms with Gasteiger partial charge in [-0.15, -0.1) is 0 Å². The summed E-state index contributed by atoms with van der Waals surface area (Å²) in [5, 5.41) is 0. The molecule has 0 amide bonds.